The predicted octanol–water partition coefficient (Wildman–Crippen LogP) is 2.44. The van der Waals surface area contributed by atoms with Gasteiger partial charge in [0.05, 0.1) is 10.8 Å². The smallest absolute Gasteiger partial charge is 0.243 e. The molecule has 1 atom stereocenters. The van der Waals surface area contributed by atoms with Gasteiger partial charge < -0.3 is 9.80 Å². The highest BCUT2D eigenvalue weighted by atomic mass is 32.2. The topological polar surface area (TPSA) is 60.9 Å². The third-order valence-corrected chi connectivity index (χ3v) is 7.71. The van der Waals surface area contributed by atoms with Crippen LogP contribution in [0.5, 0.6) is 0 Å². The fraction of sp³-hybridized carbons (Fsp3) is 0.409. The van der Waals surface area contributed by atoms with E-state index in [0.29, 0.717) is 31.0 Å². The van der Waals surface area contributed by atoms with E-state index >= 15 is 0 Å². The first kappa shape index (κ1) is 19.9. The fourth-order valence-electron chi connectivity index (χ4n) is 4.19. The van der Waals surface area contributed by atoms with Gasteiger partial charge in [-0.2, -0.15) is 4.31 Å². The molecule has 0 aromatic heterocycles. The number of piperidine rings is 1. The van der Waals surface area contributed by atoms with Gasteiger partial charge in [0.2, 0.25) is 15.9 Å². The van der Waals surface area contributed by atoms with E-state index in [0.717, 1.165) is 19.5 Å². The summed E-state index contributed by atoms with van der Waals surface area (Å²) >= 11 is 0. The molecule has 0 spiro atoms. The normalized spacial score (nSPS) is 21.2. The summed E-state index contributed by atoms with van der Waals surface area (Å²) in [6.07, 6.45) is 1.46. The number of hydrogen-bond donors (Lipinski definition) is 0. The molecular weight excluding hydrogens is 386 g/mol. The molecule has 0 N–H and O–H groups in total. The molecule has 154 valence electrons. The number of sulfonamides is 1. The molecule has 7 heteroatoms. The van der Waals surface area contributed by atoms with Crippen LogP contribution in [0.15, 0.2) is 65.6 Å². The Morgan fingerprint density at radius 3 is 2.10 bits per heavy atom. The number of benzene rings is 2. The Labute approximate surface area is 172 Å². The van der Waals surface area contributed by atoms with Crippen LogP contribution in [-0.4, -0.2) is 62.8 Å². The van der Waals surface area contributed by atoms with Crippen molar-refractivity contribution in [3.63, 3.8) is 0 Å². The summed E-state index contributed by atoms with van der Waals surface area (Å²) in [5.74, 6) is -0.170. The maximum Gasteiger partial charge on any atom is 0.243 e. The van der Waals surface area contributed by atoms with Crippen LogP contribution >= 0.6 is 0 Å². The van der Waals surface area contributed by atoms with Crippen molar-refractivity contribution in [3.8, 4) is 0 Å². The van der Waals surface area contributed by atoms with Gasteiger partial charge in [-0.3, -0.25) is 4.79 Å². The Morgan fingerprint density at radius 1 is 0.828 bits per heavy atom. The van der Waals surface area contributed by atoms with E-state index in [1.165, 1.54) is 9.99 Å². The number of para-hydroxylation sites is 1. The SMILES string of the molecule is O=C([C@@H]1CCCN(S(=O)(=O)c2ccccc2)C1)N1CCN(c2ccccc2)CC1. The lowest BCUT2D eigenvalue weighted by atomic mass is 9.97. The first-order chi connectivity index (χ1) is 14.1. The molecule has 0 radical (unpaired) electrons. The van der Waals surface area contributed by atoms with E-state index in [1.807, 2.05) is 23.1 Å². The average molecular weight is 414 g/mol. The van der Waals surface area contributed by atoms with E-state index in [2.05, 4.69) is 17.0 Å². The average Bonchev–Trinajstić information content (AvgIpc) is 2.80. The lowest BCUT2D eigenvalue weighted by Gasteiger charge is -2.39. The van der Waals surface area contributed by atoms with Crippen molar-refractivity contribution in [2.45, 2.75) is 17.7 Å². The van der Waals surface area contributed by atoms with Crippen LogP contribution in [0.1, 0.15) is 12.8 Å². The molecule has 2 aromatic rings. The van der Waals surface area contributed by atoms with Crippen molar-refractivity contribution >= 4 is 21.6 Å². The monoisotopic (exact) mass is 413 g/mol. The minimum absolute atomic E-state index is 0.0886. The maximum atomic E-state index is 13.1. The Hall–Kier alpha value is -2.38. The second kappa shape index (κ2) is 8.55. The number of nitrogens with zero attached hydrogens (tertiary/aromatic N) is 3. The van der Waals surface area contributed by atoms with Crippen LogP contribution < -0.4 is 4.90 Å². The van der Waals surface area contributed by atoms with Crippen molar-refractivity contribution in [1.82, 2.24) is 9.21 Å². The zero-order valence-corrected chi connectivity index (χ0v) is 17.3. The number of carbonyl (C=O) groups is 1. The Bertz CT molecular complexity index is 926. The number of carbonyl (C=O) groups excluding carboxylic acids is 1. The molecule has 0 bridgehead atoms. The summed E-state index contributed by atoms with van der Waals surface area (Å²) in [4.78, 5) is 17.6. The van der Waals surface area contributed by atoms with Crippen molar-refractivity contribution in [2.24, 2.45) is 5.92 Å². The van der Waals surface area contributed by atoms with Crippen molar-refractivity contribution < 1.29 is 13.2 Å². The lowest BCUT2D eigenvalue weighted by Crippen LogP contribution is -2.53. The van der Waals surface area contributed by atoms with Crippen LogP contribution in [0.4, 0.5) is 5.69 Å². The molecule has 2 heterocycles. The molecule has 4 rings (SSSR count). The van der Waals surface area contributed by atoms with Gasteiger partial charge in [0.25, 0.3) is 0 Å². The van der Waals surface area contributed by atoms with Gasteiger partial charge in [-0.05, 0) is 37.1 Å². The molecule has 2 aliphatic heterocycles. The molecular formula is C22H27N3O3S. The van der Waals surface area contributed by atoms with E-state index in [4.69, 9.17) is 0 Å². The van der Waals surface area contributed by atoms with E-state index < -0.39 is 10.0 Å². The van der Waals surface area contributed by atoms with E-state index in [-0.39, 0.29) is 18.4 Å². The van der Waals surface area contributed by atoms with Crippen molar-refractivity contribution in [1.29, 1.82) is 0 Å². The van der Waals surface area contributed by atoms with Crippen LogP contribution in [0, 0.1) is 5.92 Å². The number of amides is 1. The lowest BCUT2D eigenvalue weighted by molar-refractivity contribution is -0.137. The summed E-state index contributed by atoms with van der Waals surface area (Å²) in [5.41, 5.74) is 1.18. The molecule has 2 aromatic carbocycles. The predicted molar refractivity (Wildman–Crippen MR) is 113 cm³/mol. The van der Waals surface area contributed by atoms with E-state index in [9.17, 15) is 13.2 Å². The zero-order valence-electron chi connectivity index (χ0n) is 16.5. The molecule has 0 aliphatic carbocycles. The highest BCUT2D eigenvalue weighted by Crippen LogP contribution is 2.26. The highest BCUT2D eigenvalue weighted by Gasteiger charge is 2.35. The molecule has 6 nitrogen and oxygen atoms in total. The molecule has 0 unspecified atom stereocenters. The van der Waals surface area contributed by atoms with Gasteiger partial charge >= 0.3 is 0 Å². The first-order valence-electron chi connectivity index (χ1n) is 10.2. The number of anilines is 1. The summed E-state index contributed by atoms with van der Waals surface area (Å²) in [6.45, 7) is 3.70. The number of piperazine rings is 1. The first-order valence-corrected chi connectivity index (χ1v) is 11.6. The third kappa shape index (κ3) is 4.31. The molecule has 1 amide bonds. The quantitative estimate of drug-likeness (QED) is 0.773. The van der Waals surface area contributed by atoms with Gasteiger partial charge in [-0.15, -0.1) is 0 Å². The molecule has 29 heavy (non-hydrogen) atoms. The minimum Gasteiger partial charge on any atom is -0.368 e. The fourth-order valence-corrected chi connectivity index (χ4v) is 5.73. The second-order valence-corrected chi connectivity index (χ2v) is 9.60. The molecule has 2 saturated heterocycles. The summed E-state index contributed by atoms with van der Waals surface area (Å²) in [7, 11) is -3.55. The van der Waals surface area contributed by atoms with Gasteiger partial charge in [0, 0.05) is 45.0 Å². The van der Waals surface area contributed by atoms with Crippen molar-refractivity contribution in [3.05, 3.63) is 60.7 Å². The summed E-state index contributed by atoms with van der Waals surface area (Å²) in [6, 6.07) is 18.7. The van der Waals surface area contributed by atoms with Gasteiger partial charge in [0.15, 0.2) is 0 Å². The standard InChI is InChI=1S/C22H27N3O3S/c26-22(24-16-14-23(15-17-24)20-9-3-1-4-10-20)19-8-7-13-25(18-19)29(27,28)21-11-5-2-6-12-21/h1-6,9-12,19H,7-8,13-18H2/t19-/m1/s1. The Balaban J connectivity index is 1.38. The maximum absolute atomic E-state index is 13.1. The molecule has 2 aliphatic rings. The molecule has 0 saturated carbocycles. The Kier molecular flexibility index (Phi) is 5.87. The number of rotatable bonds is 4. The van der Waals surface area contributed by atoms with E-state index in [1.54, 1.807) is 30.3 Å². The van der Waals surface area contributed by atoms with Crippen LogP contribution in [0.2, 0.25) is 0 Å². The van der Waals surface area contributed by atoms with Gasteiger partial charge in [-0.25, -0.2) is 8.42 Å². The van der Waals surface area contributed by atoms with Crippen LogP contribution in [-0.2, 0) is 14.8 Å². The Morgan fingerprint density at radius 2 is 1.45 bits per heavy atom. The van der Waals surface area contributed by atoms with Crippen LogP contribution in [0.3, 0.4) is 0 Å². The molecule has 2 fully saturated rings. The minimum atomic E-state index is -3.55. The van der Waals surface area contributed by atoms with Crippen LogP contribution in [0.25, 0.3) is 0 Å². The summed E-state index contributed by atoms with van der Waals surface area (Å²) in [5, 5.41) is 0. The zero-order chi connectivity index (χ0) is 20.3. The summed E-state index contributed by atoms with van der Waals surface area (Å²) < 4.78 is 27.3. The second-order valence-electron chi connectivity index (χ2n) is 7.66. The van der Waals surface area contributed by atoms with Gasteiger partial charge in [-0.1, -0.05) is 36.4 Å². The number of hydrogen-bond acceptors (Lipinski definition) is 4. The highest BCUT2D eigenvalue weighted by molar-refractivity contribution is 7.89. The van der Waals surface area contributed by atoms with Gasteiger partial charge in [0.1, 0.15) is 0 Å². The largest absolute Gasteiger partial charge is 0.368 e. The third-order valence-electron chi connectivity index (χ3n) is 5.83. The van der Waals surface area contributed by atoms with Crippen molar-refractivity contribution in [2.75, 3.05) is 44.2 Å².